The molecular formula is C25H32NO11+. The number of rotatable bonds is 9. The Morgan fingerprint density at radius 3 is 2.57 bits per heavy atom. The molecule has 0 saturated carbocycles. The Bertz CT molecular complexity index is 1040. The SMILES string of the molecule is C=CC1C(O[C@@H]2O[C@H](CO)[C@@H](O)[C@H](O)[C@H]2O)OC=C(C(=O)OC)C1/C=C/c1ccc[n+](C(C)C(=O)O)c1. The first-order valence-electron chi connectivity index (χ1n) is 11.6. The average molecular weight is 523 g/mol. The Hall–Kier alpha value is -3.13. The van der Waals surface area contributed by atoms with Crippen LogP contribution in [-0.4, -0.2) is 88.2 Å². The molecular weight excluding hydrogens is 490 g/mol. The zero-order valence-electron chi connectivity index (χ0n) is 20.4. The van der Waals surface area contributed by atoms with Gasteiger partial charge in [-0.15, -0.1) is 6.58 Å². The number of hydrogen-bond acceptors (Lipinski definition) is 10. The van der Waals surface area contributed by atoms with E-state index in [2.05, 4.69) is 6.58 Å². The number of aliphatic hydroxyl groups excluding tert-OH is 4. The molecule has 4 unspecified atom stereocenters. The number of carboxylic acids is 1. The van der Waals surface area contributed by atoms with Crippen LogP contribution < -0.4 is 4.57 Å². The van der Waals surface area contributed by atoms with Gasteiger partial charge in [0.05, 0.1) is 31.5 Å². The fourth-order valence-corrected chi connectivity index (χ4v) is 4.11. The topological polar surface area (TPSA) is 176 Å². The lowest BCUT2D eigenvalue weighted by Crippen LogP contribution is -2.60. The summed E-state index contributed by atoms with van der Waals surface area (Å²) >= 11 is 0. The molecule has 37 heavy (non-hydrogen) atoms. The van der Waals surface area contributed by atoms with Gasteiger partial charge in [0.25, 0.3) is 6.04 Å². The summed E-state index contributed by atoms with van der Waals surface area (Å²) in [6.45, 7) is 4.73. The normalized spacial score (nSPS) is 32.8. The number of methoxy groups -OCH3 is 1. The summed E-state index contributed by atoms with van der Waals surface area (Å²) in [5, 5.41) is 49.1. The molecule has 2 aliphatic heterocycles. The van der Waals surface area contributed by atoms with Crippen molar-refractivity contribution in [2.45, 2.75) is 50.0 Å². The van der Waals surface area contributed by atoms with Crippen molar-refractivity contribution in [1.29, 1.82) is 0 Å². The molecule has 12 nitrogen and oxygen atoms in total. The van der Waals surface area contributed by atoms with Crippen molar-refractivity contribution in [2.75, 3.05) is 13.7 Å². The summed E-state index contributed by atoms with van der Waals surface area (Å²) in [5.74, 6) is -3.04. The number of hydrogen-bond donors (Lipinski definition) is 5. The number of aliphatic hydroxyl groups is 4. The molecule has 202 valence electrons. The highest BCUT2D eigenvalue weighted by Gasteiger charge is 2.47. The van der Waals surface area contributed by atoms with Crippen LogP contribution in [0.5, 0.6) is 0 Å². The molecule has 0 spiro atoms. The number of allylic oxidation sites excluding steroid dienone is 1. The summed E-state index contributed by atoms with van der Waals surface area (Å²) in [6.07, 6.45) is 0.656. The van der Waals surface area contributed by atoms with Crippen molar-refractivity contribution in [1.82, 2.24) is 0 Å². The first-order chi connectivity index (χ1) is 17.6. The van der Waals surface area contributed by atoms with E-state index in [1.807, 2.05) is 0 Å². The molecule has 3 rings (SSSR count). The predicted molar refractivity (Wildman–Crippen MR) is 125 cm³/mol. The molecule has 2 aliphatic rings. The van der Waals surface area contributed by atoms with E-state index in [0.717, 1.165) is 6.26 Å². The molecule has 0 radical (unpaired) electrons. The van der Waals surface area contributed by atoms with Crippen molar-refractivity contribution in [2.24, 2.45) is 11.8 Å². The largest absolute Gasteiger partial charge is 0.476 e. The number of aliphatic carboxylic acids is 1. The predicted octanol–water partition coefficient (Wildman–Crippen LogP) is -0.719. The molecule has 1 aromatic rings. The molecule has 0 bridgehead atoms. The van der Waals surface area contributed by atoms with Gasteiger partial charge in [-0.05, 0) is 6.07 Å². The second kappa shape index (κ2) is 12.4. The molecule has 5 N–H and O–H groups in total. The van der Waals surface area contributed by atoms with Crippen molar-refractivity contribution < 1.29 is 58.6 Å². The van der Waals surface area contributed by atoms with Crippen molar-refractivity contribution in [3.63, 3.8) is 0 Å². The quantitative estimate of drug-likeness (QED) is 0.157. The zero-order valence-corrected chi connectivity index (χ0v) is 20.4. The Labute approximate surface area is 213 Å². The van der Waals surface area contributed by atoms with E-state index in [4.69, 9.17) is 18.9 Å². The summed E-state index contributed by atoms with van der Waals surface area (Å²) < 4.78 is 23.2. The van der Waals surface area contributed by atoms with Crippen LogP contribution in [-0.2, 0) is 28.5 Å². The van der Waals surface area contributed by atoms with Crippen molar-refractivity contribution >= 4 is 18.0 Å². The smallest absolute Gasteiger partial charge is 0.373 e. The van der Waals surface area contributed by atoms with E-state index in [0.29, 0.717) is 5.56 Å². The number of pyridine rings is 1. The van der Waals surface area contributed by atoms with Crippen molar-refractivity contribution in [3.05, 3.63) is 60.7 Å². The van der Waals surface area contributed by atoms with Gasteiger partial charge in [-0.2, -0.15) is 4.57 Å². The van der Waals surface area contributed by atoms with Crippen LogP contribution in [0.1, 0.15) is 18.5 Å². The first kappa shape index (κ1) is 28.4. The maximum atomic E-state index is 12.5. The minimum Gasteiger partial charge on any atom is -0.476 e. The molecule has 1 aromatic heterocycles. The lowest BCUT2D eigenvalue weighted by atomic mass is 9.83. The monoisotopic (exact) mass is 522 g/mol. The van der Waals surface area contributed by atoms with Crippen molar-refractivity contribution in [3.8, 4) is 0 Å². The third kappa shape index (κ3) is 6.24. The van der Waals surface area contributed by atoms with Gasteiger partial charge in [0.15, 0.2) is 18.7 Å². The second-order valence-corrected chi connectivity index (χ2v) is 8.70. The summed E-state index contributed by atoms with van der Waals surface area (Å²) in [4.78, 5) is 23.8. The van der Waals surface area contributed by atoms with Crippen LogP contribution >= 0.6 is 0 Å². The number of aromatic nitrogens is 1. The molecule has 1 fully saturated rings. The number of carboxylic acid groups (broad SMARTS) is 1. The summed E-state index contributed by atoms with van der Waals surface area (Å²) in [7, 11) is 1.22. The van der Waals surface area contributed by atoms with Crippen LogP contribution in [0, 0.1) is 11.8 Å². The summed E-state index contributed by atoms with van der Waals surface area (Å²) in [5.41, 5.74) is 0.806. The highest BCUT2D eigenvalue weighted by atomic mass is 16.8. The third-order valence-corrected chi connectivity index (χ3v) is 6.37. The van der Waals surface area contributed by atoms with Gasteiger partial charge in [0, 0.05) is 24.5 Å². The standard InChI is InChI=1S/C25H31NO11/c1-4-15-16(8-7-14-6-5-9-26(10-14)13(2)22(31)32)17(23(33)34-3)12-35-24(15)37-25-21(30)20(29)19(28)18(11-27)36-25/h4-10,12-13,15-16,18-21,24-25,27-30H,1,11H2,2-3H3/p+1/b8-7+/t13?,15?,16?,18-,19-,20+,21-,24?,25+/m1/s1. The average Bonchev–Trinajstić information content (AvgIpc) is 2.91. The first-order valence-corrected chi connectivity index (χ1v) is 11.6. The number of esters is 1. The fraction of sp³-hybridized carbons (Fsp3) is 0.480. The molecule has 1 saturated heterocycles. The van der Waals surface area contributed by atoms with Gasteiger partial charge in [-0.3, -0.25) is 0 Å². The van der Waals surface area contributed by atoms with Crippen LogP contribution in [0.25, 0.3) is 6.08 Å². The minimum atomic E-state index is -1.65. The number of carbonyl (C=O) groups excluding carboxylic acids is 1. The molecule has 9 atom stereocenters. The molecule has 0 aromatic carbocycles. The van der Waals surface area contributed by atoms with Gasteiger partial charge in [0.2, 0.25) is 6.29 Å². The zero-order chi connectivity index (χ0) is 27.3. The Morgan fingerprint density at radius 2 is 1.95 bits per heavy atom. The van der Waals surface area contributed by atoms with E-state index < -0.39 is 73.4 Å². The Kier molecular flexibility index (Phi) is 9.54. The van der Waals surface area contributed by atoms with Crippen LogP contribution in [0.15, 0.2) is 55.1 Å². The Morgan fingerprint density at radius 1 is 1.22 bits per heavy atom. The lowest BCUT2D eigenvalue weighted by Gasteiger charge is -2.42. The highest BCUT2D eigenvalue weighted by molar-refractivity contribution is 5.89. The highest BCUT2D eigenvalue weighted by Crippen LogP contribution is 2.36. The van der Waals surface area contributed by atoms with Crippen LogP contribution in [0.3, 0.4) is 0 Å². The van der Waals surface area contributed by atoms with Gasteiger partial charge in [-0.1, -0.05) is 18.2 Å². The maximum Gasteiger partial charge on any atom is 0.373 e. The van der Waals surface area contributed by atoms with E-state index in [1.54, 1.807) is 43.6 Å². The van der Waals surface area contributed by atoms with Crippen LogP contribution in [0.4, 0.5) is 0 Å². The molecule has 3 heterocycles. The van der Waals surface area contributed by atoms with E-state index in [1.165, 1.54) is 17.8 Å². The second-order valence-electron chi connectivity index (χ2n) is 8.70. The molecule has 0 aliphatic carbocycles. The van der Waals surface area contributed by atoms with E-state index >= 15 is 0 Å². The minimum absolute atomic E-state index is 0.153. The number of ether oxygens (including phenoxy) is 4. The van der Waals surface area contributed by atoms with Gasteiger partial charge in [0.1, 0.15) is 24.4 Å². The van der Waals surface area contributed by atoms with E-state index in [-0.39, 0.29) is 5.57 Å². The summed E-state index contributed by atoms with van der Waals surface area (Å²) in [6, 6.07) is 2.66. The van der Waals surface area contributed by atoms with Crippen LogP contribution in [0.2, 0.25) is 0 Å². The lowest BCUT2D eigenvalue weighted by molar-refractivity contribution is -0.707. The van der Waals surface area contributed by atoms with Gasteiger partial charge in [-0.25, -0.2) is 9.59 Å². The number of nitrogens with zero attached hydrogens (tertiary/aromatic N) is 1. The third-order valence-electron chi connectivity index (χ3n) is 6.37. The fourth-order valence-electron chi connectivity index (χ4n) is 4.11. The number of carbonyl (C=O) groups is 2. The maximum absolute atomic E-state index is 12.5. The molecule has 12 heteroatoms. The van der Waals surface area contributed by atoms with E-state index in [9.17, 15) is 35.1 Å². The molecule has 0 amide bonds. The van der Waals surface area contributed by atoms with Gasteiger partial charge < -0.3 is 44.5 Å². The van der Waals surface area contributed by atoms with Gasteiger partial charge >= 0.3 is 11.9 Å². The Balaban J connectivity index is 1.89.